The van der Waals surface area contributed by atoms with E-state index in [-0.39, 0.29) is 16.9 Å². The molecule has 1 aromatic rings. The summed E-state index contributed by atoms with van der Waals surface area (Å²) in [6.45, 7) is 8.72. The number of benzene rings is 1. The fourth-order valence-electron chi connectivity index (χ4n) is 4.84. The minimum absolute atomic E-state index is 0.0504. The zero-order valence-electron chi connectivity index (χ0n) is 13.0. The van der Waals surface area contributed by atoms with Gasteiger partial charge in [-0.15, -0.1) is 0 Å². The van der Waals surface area contributed by atoms with Crippen molar-refractivity contribution in [3.05, 3.63) is 28.8 Å². The number of fused-ring (bicyclic) bond motifs is 3. The first kappa shape index (κ1) is 13.9. The van der Waals surface area contributed by atoms with Crippen LogP contribution in [0.5, 0.6) is 5.75 Å². The maximum absolute atomic E-state index is 10.4. The summed E-state index contributed by atoms with van der Waals surface area (Å²) >= 11 is 0. The standard InChI is InChI=1S/C18H26O2/c1-11-9-12-5-6-15-17(2,3)16(20)7-8-18(15,4)13(12)10-14(11)19/h9-10,15-16,19-20H,5-8H2,1-4H3/t15-,16-,18+/m1/s1. The summed E-state index contributed by atoms with van der Waals surface area (Å²) in [7, 11) is 0. The minimum atomic E-state index is -0.207. The summed E-state index contributed by atoms with van der Waals surface area (Å²) in [4.78, 5) is 0. The van der Waals surface area contributed by atoms with Crippen LogP contribution in [-0.2, 0) is 11.8 Å². The molecule has 0 unspecified atom stereocenters. The molecule has 0 bridgehead atoms. The molecule has 1 saturated carbocycles. The number of phenols is 1. The van der Waals surface area contributed by atoms with Crippen molar-refractivity contribution in [2.75, 3.05) is 0 Å². The van der Waals surface area contributed by atoms with Gasteiger partial charge < -0.3 is 10.2 Å². The van der Waals surface area contributed by atoms with Gasteiger partial charge in [-0.25, -0.2) is 0 Å². The van der Waals surface area contributed by atoms with Crippen LogP contribution >= 0.6 is 0 Å². The van der Waals surface area contributed by atoms with Crippen LogP contribution in [0.3, 0.4) is 0 Å². The van der Waals surface area contributed by atoms with Crippen LogP contribution in [0.2, 0.25) is 0 Å². The van der Waals surface area contributed by atoms with Gasteiger partial charge in [0.1, 0.15) is 5.75 Å². The van der Waals surface area contributed by atoms with Crippen LogP contribution in [0.25, 0.3) is 0 Å². The number of hydrogen-bond donors (Lipinski definition) is 2. The molecule has 20 heavy (non-hydrogen) atoms. The molecule has 3 rings (SSSR count). The maximum Gasteiger partial charge on any atom is 0.118 e. The molecule has 2 aliphatic rings. The largest absolute Gasteiger partial charge is 0.508 e. The molecule has 1 fully saturated rings. The number of aryl methyl sites for hydroxylation is 2. The summed E-state index contributed by atoms with van der Waals surface area (Å²) in [5.74, 6) is 0.892. The van der Waals surface area contributed by atoms with E-state index in [4.69, 9.17) is 0 Å². The number of aliphatic hydroxyl groups excluding tert-OH is 1. The van der Waals surface area contributed by atoms with Gasteiger partial charge in [0.05, 0.1) is 6.10 Å². The SMILES string of the molecule is Cc1cc2c(cc1O)[C@]1(C)CC[C@@H](O)C(C)(C)[C@H]1CC2. The van der Waals surface area contributed by atoms with Crippen molar-refractivity contribution in [3.63, 3.8) is 0 Å². The first-order valence-corrected chi connectivity index (χ1v) is 7.78. The predicted octanol–water partition coefficient (Wildman–Crippen LogP) is 3.70. The third-order valence-electron chi connectivity index (χ3n) is 6.20. The Morgan fingerprint density at radius 1 is 1.15 bits per heavy atom. The van der Waals surface area contributed by atoms with Gasteiger partial charge in [-0.3, -0.25) is 0 Å². The normalized spacial score (nSPS) is 35.2. The highest BCUT2D eigenvalue weighted by atomic mass is 16.3. The van der Waals surface area contributed by atoms with E-state index in [0.717, 1.165) is 31.2 Å². The lowest BCUT2D eigenvalue weighted by atomic mass is 9.49. The number of aliphatic hydroxyl groups is 1. The monoisotopic (exact) mass is 274 g/mol. The van der Waals surface area contributed by atoms with Gasteiger partial charge in [0, 0.05) is 0 Å². The van der Waals surface area contributed by atoms with Crippen LogP contribution in [-0.4, -0.2) is 16.3 Å². The fraction of sp³-hybridized carbons (Fsp3) is 0.667. The van der Waals surface area contributed by atoms with E-state index in [2.05, 4.69) is 26.8 Å². The molecule has 2 N–H and O–H groups in total. The zero-order valence-corrected chi connectivity index (χ0v) is 13.0. The smallest absolute Gasteiger partial charge is 0.118 e. The Hall–Kier alpha value is -1.02. The van der Waals surface area contributed by atoms with Crippen LogP contribution in [0.1, 0.15) is 56.7 Å². The molecule has 0 aliphatic heterocycles. The number of aromatic hydroxyl groups is 1. The lowest BCUT2D eigenvalue weighted by Gasteiger charge is -2.56. The molecule has 0 spiro atoms. The lowest BCUT2D eigenvalue weighted by molar-refractivity contribution is -0.0731. The van der Waals surface area contributed by atoms with E-state index in [0.29, 0.717) is 11.7 Å². The average Bonchev–Trinajstić information content (AvgIpc) is 2.37. The molecule has 2 aliphatic carbocycles. The van der Waals surface area contributed by atoms with Gasteiger partial charge in [0.2, 0.25) is 0 Å². The average molecular weight is 274 g/mol. The summed E-state index contributed by atoms with van der Waals surface area (Å²) < 4.78 is 0. The van der Waals surface area contributed by atoms with E-state index < -0.39 is 0 Å². The van der Waals surface area contributed by atoms with Crippen molar-refractivity contribution < 1.29 is 10.2 Å². The van der Waals surface area contributed by atoms with Crippen LogP contribution in [0, 0.1) is 18.3 Å². The molecular weight excluding hydrogens is 248 g/mol. The van der Waals surface area contributed by atoms with E-state index in [1.807, 2.05) is 13.0 Å². The second-order valence-corrected chi connectivity index (χ2v) is 7.68. The summed E-state index contributed by atoms with van der Waals surface area (Å²) in [6, 6.07) is 4.15. The van der Waals surface area contributed by atoms with Gasteiger partial charge in [-0.2, -0.15) is 0 Å². The van der Waals surface area contributed by atoms with E-state index in [1.165, 1.54) is 11.1 Å². The van der Waals surface area contributed by atoms with Crippen LogP contribution in [0.15, 0.2) is 12.1 Å². The molecule has 0 heterocycles. The van der Waals surface area contributed by atoms with Crippen molar-refractivity contribution in [1.82, 2.24) is 0 Å². The quantitative estimate of drug-likeness (QED) is 0.757. The summed E-state index contributed by atoms with van der Waals surface area (Å²) in [6.07, 6.45) is 3.86. The molecule has 2 heteroatoms. The maximum atomic E-state index is 10.4. The topological polar surface area (TPSA) is 40.5 Å². The Kier molecular flexibility index (Phi) is 2.95. The highest BCUT2D eigenvalue weighted by Crippen LogP contribution is 2.57. The molecule has 1 aromatic carbocycles. The van der Waals surface area contributed by atoms with Crippen molar-refractivity contribution in [2.24, 2.45) is 11.3 Å². The molecule has 3 atom stereocenters. The number of hydrogen-bond acceptors (Lipinski definition) is 2. The van der Waals surface area contributed by atoms with Gasteiger partial charge >= 0.3 is 0 Å². The molecule has 2 nitrogen and oxygen atoms in total. The zero-order chi connectivity index (χ0) is 14.7. The number of rotatable bonds is 0. The molecule has 0 saturated heterocycles. The van der Waals surface area contributed by atoms with Crippen molar-refractivity contribution in [1.29, 1.82) is 0 Å². The van der Waals surface area contributed by atoms with E-state index in [1.54, 1.807) is 0 Å². The summed E-state index contributed by atoms with van der Waals surface area (Å²) in [5.41, 5.74) is 3.72. The first-order chi connectivity index (χ1) is 9.26. The Morgan fingerprint density at radius 2 is 1.85 bits per heavy atom. The highest BCUT2D eigenvalue weighted by Gasteiger charge is 2.53. The second-order valence-electron chi connectivity index (χ2n) is 7.68. The van der Waals surface area contributed by atoms with Crippen LogP contribution in [0.4, 0.5) is 0 Å². The summed E-state index contributed by atoms with van der Waals surface area (Å²) in [5, 5.41) is 20.5. The number of phenolic OH excluding ortho intramolecular Hbond substituents is 1. The molecule has 0 amide bonds. The Bertz CT molecular complexity index is 547. The lowest BCUT2D eigenvalue weighted by Crippen LogP contribution is -2.53. The molecule has 0 aromatic heterocycles. The predicted molar refractivity (Wildman–Crippen MR) is 81.0 cm³/mol. The Labute approximate surface area is 121 Å². The van der Waals surface area contributed by atoms with Crippen molar-refractivity contribution >= 4 is 0 Å². The Balaban J connectivity index is 2.14. The van der Waals surface area contributed by atoms with Gasteiger partial charge in [-0.05, 0) is 72.1 Å². The molecule has 110 valence electrons. The van der Waals surface area contributed by atoms with Crippen molar-refractivity contribution in [3.8, 4) is 5.75 Å². The Morgan fingerprint density at radius 3 is 2.55 bits per heavy atom. The van der Waals surface area contributed by atoms with E-state index in [9.17, 15) is 10.2 Å². The van der Waals surface area contributed by atoms with Gasteiger partial charge in [0.15, 0.2) is 0 Å². The highest BCUT2D eigenvalue weighted by molar-refractivity contribution is 5.47. The van der Waals surface area contributed by atoms with Crippen LogP contribution < -0.4 is 0 Å². The minimum Gasteiger partial charge on any atom is -0.508 e. The third-order valence-corrected chi connectivity index (χ3v) is 6.20. The molecular formula is C18H26O2. The second kappa shape index (κ2) is 4.24. The molecule has 0 radical (unpaired) electrons. The first-order valence-electron chi connectivity index (χ1n) is 7.78. The van der Waals surface area contributed by atoms with E-state index >= 15 is 0 Å². The third kappa shape index (κ3) is 1.74. The van der Waals surface area contributed by atoms with Crippen molar-refractivity contribution in [2.45, 2.75) is 64.9 Å². The fourth-order valence-corrected chi connectivity index (χ4v) is 4.84. The van der Waals surface area contributed by atoms with Gasteiger partial charge in [0.25, 0.3) is 0 Å². The van der Waals surface area contributed by atoms with Gasteiger partial charge in [-0.1, -0.05) is 26.8 Å².